The van der Waals surface area contributed by atoms with Crippen LogP contribution in [0.4, 0.5) is 4.39 Å². The molecule has 7 nitrogen and oxygen atoms in total. The summed E-state index contributed by atoms with van der Waals surface area (Å²) in [6, 6.07) is 3.05. The third-order valence-corrected chi connectivity index (χ3v) is 3.47. The van der Waals surface area contributed by atoms with Gasteiger partial charge in [0, 0.05) is 11.3 Å². The van der Waals surface area contributed by atoms with Crippen LogP contribution in [0, 0.1) is 24.1 Å². The fourth-order valence-electron chi connectivity index (χ4n) is 2.24. The number of carboxylic acids is 1. The van der Waals surface area contributed by atoms with Crippen LogP contribution in [0.25, 0.3) is 5.69 Å². The predicted molar refractivity (Wildman–Crippen MR) is 78.4 cm³/mol. The van der Waals surface area contributed by atoms with Crippen molar-refractivity contribution >= 4 is 5.97 Å². The van der Waals surface area contributed by atoms with Crippen molar-refractivity contribution in [2.24, 2.45) is 0 Å². The number of rotatable bonds is 3. The van der Waals surface area contributed by atoms with Crippen molar-refractivity contribution in [2.45, 2.75) is 20.3 Å². The molecular weight excluding hydrogens is 305 g/mol. The van der Waals surface area contributed by atoms with E-state index in [9.17, 15) is 18.8 Å². The maximum atomic E-state index is 14.2. The summed E-state index contributed by atoms with van der Waals surface area (Å²) in [4.78, 5) is 38.0. The second kappa shape index (κ2) is 5.88. The fourth-order valence-corrected chi connectivity index (χ4v) is 2.24. The van der Waals surface area contributed by atoms with E-state index in [1.165, 1.54) is 6.92 Å². The summed E-state index contributed by atoms with van der Waals surface area (Å²) < 4.78 is 14.7. The lowest BCUT2D eigenvalue weighted by Gasteiger charge is -2.11. The highest BCUT2D eigenvalue weighted by molar-refractivity contribution is 5.91. The van der Waals surface area contributed by atoms with E-state index in [4.69, 9.17) is 10.4 Å². The zero-order chi connectivity index (χ0) is 17.3. The van der Waals surface area contributed by atoms with Gasteiger partial charge in [0.2, 0.25) is 0 Å². The van der Waals surface area contributed by atoms with Crippen molar-refractivity contribution in [1.82, 2.24) is 9.55 Å². The van der Waals surface area contributed by atoms with Gasteiger partial charge in [-0.3, -0.25) is 4.79 Å². The zero-order valence-corrected chi connectivity index (χ0v) is 12.3. The Labute approximate surface area is 129 Å². The first-order chi connectivity index (χ1) is 10.8. The number of carboxylic acid groups (broad SMARTS) is 1. The Morgan fingerprint density at radius 3 is 2.61 bits per heavy atom. The molecular formula is C15H12FN3O4. The molecule has 0 saturated carbocycles. The smallest absolute Gasteiger partial charge is 0.337 e. The zero-order valence-electron chi connectivity index (χ0n) is 12.3. The van der Waals surface area contributed by atoms with Crippen molar-refractivity contribution in [2.75, 3.05) is 0 Å². The number of hydrogen-bond donors (Lipinski definition) is 2. The summed E-state index contributed by atoms with van der Waals surface area (Å²) in [6.45, 7) is 3.22. The minimum atomic E-state index is -1.46. The molecule has 0 unspecified atom stereocenters. The highest BCUT2D eigenvalue weighted by atomic mass is 19.1. The minimum absolute atomic E-state index is 0.229. The van der Waals surface area contributed by atoms with E-state index in [1.807, 2.05) is 0 Å². The number of nitrogens with zero attached hydrogens (tertiary/aromatic N) is 2. The molecule has 23 heavy (non-hydrogen) atoms. The highest BCUT2D eigenvalue weighted by Gasteiger charge is 2.19. The Kier molecular flexibility index (Phi) is 4.14. The van der Waals surface area contributed by atoms with Gasteiger partial charge >= 0.3 is 11.7 Å². The minimum Gasteiger partial charge on any atom is -0.478 e. The van der Waals surface area contributed by atoms with E-state index in [1.54, 1.807) is 13.0 Å². The molecule has 118 valence electrons. The number of nitriles is 1. The molecule has 1 heterocycles. The molecule has 0 radical (unpaired) electrons. The number of carbonyl (C=O) groups is 1. The van der Waals surface area contributed by atoms with Crippen molar-refractivity contribution in [3.05, 3.63) is 61.2 Å². The van der Waals surface area contributed by atoms with Gasteiger partial charge in [-0.05, 0) is 25.5 Å². The molecule has 0 spiro atoms. The Balaban J connectivity index is 2.89. The highest BCUT2D eigenvalue weighted by Crippen LogP contribution is 2.18. The van der Waals surface area contributed by atoms with Crippen LogP contribution in [0.5, 0.6) is 0 Å². The van der Waals surface area contributed by atoms with Crippen molar-refractivity contribution in [1.29, 1.82) is 5.26 Å². The average molecular weight is 317 g/mol. The Hall–Kier alpha value is -3.21. The van der Waals surface area contributed by atoms with Gasteiger partial charge in [0.1, 0.15) is 11.9 Å². The summed E-state index contributed by atoms with van der Waals surface area (Å²) in [6.07, 6.45) is 0.410. The van der Waals surface area contributed by atoms with E-state index in [0.717, 1.165) is 6.07 Å². The number of aromatic nitrogens is 2. The third kappa shape index (κ3) is 2.64. The number of halogens is 1. The first kappa shape index (κ1) is 16.2. The lowest BCUT2D eigenvalue weighted by molar-refractivity contribution is 0.0696. The molecule has 0 saturated heterocycles. The van der Waals surface area contributed by atoms with Gasteiger partial charge in [0.15, 0.2) is 0 Å². The summed E-state index contributed by atoms with van der Waals surface area (Å²) in [5, 5.41) is 17.9. The monoisotopic (exact) mass is 317 g/mol. The van der Waals surface area contributed by atoms with Gasteiger partial charge in [0.05, 0.1) is 16.8 Å². The number of benzene rings is 1. The largest absolute Gasteiger partial charge is 0.478 e. The molecule has 1 aromatic carbocycles. The van der Waals surface area contributed by atoms with Crippen molar-refractivity contribution in [3.8, 4) is 11.8 Å². The Bertz CT molecular complexity index is 966. The van der Waals surface area contributed by atoms with Crippen LogP contribution in [-0.4, -0.2) is 20.6 Å². The summed E-state index contributed by atoms with van der Waals surface area (Å²) in [7, 11) is 0. The van der Waals surface area contributed by atoms with Crippen LogP contribution < -0.4 is 11.2 Å². The first-order valence-corrected chi connectivity index (χ1v) is 6.63. The van der Waals surface area contributed by atoms with E-state index in [0.29, 0.717) is 22.7 Å². The molecule has 8 heteroatoms. The van der Waals surface area contributed by atoms with Gasteiger partial charge in [-0.25, -0.2) is 18.5 Å². The van der Waals surface area contributed by atoms with Gasteiger partial charge in [-0.1, -0.05) is 6.92 Å². The maximum Gasteiger partial charge on any atom is 0.337 e. The van der Waals surface area contributed by atoms with E-state index < -0.39 is 39.8 Å². The van der Waals surface area contributed by atoms with Gasteiger partial charge < -0.3 is 10.1 Å². The number of aryl methyl sites for hydroxylation is 1. The predicted octanol–water partition coefficient (Wildman–Crippen LogP) is 1.11. The van der Waals surface area contributed by atoms with Crippen LogP contribution in [-0.2, 0) is 6.42 Å². The lowest BCUT2D eigenvalue weighted by Crippen LogP contribution is -2.37. The lowest BCUT2D eigenvalue weighted by atomic mass is 10.1. The second-order valence-electron chi connectivity index (χ2n) is 4.79. The SMILES string of the molecule is CCc1[nH]c(=O)n(-c2cc(C(=O)O)c(C#N)cc2F)c(=O)c1C. The molecule has 0 aliphatic heterocycles. The standard InChI is InChI=1S/C15H12FN3O4/c1-3-11-7(2)13(20)19(15(23)18-11)12-5-9(14(21)22)8(6-17)4-10(12)16/h4-5H,3H2,1-2H3,(H,18,23)(H,21,22). The maximum absolute atomic E-state index is 14.2. The van der Waals surface area contributed by atoms with Crippen LogP contribution in [0.2, 0.25) is 0 Å². The Morgan fingerprint density at radius 2 is 2.09 bits per heavy atom. The number of nitrogens with one attached hydrogen (secondary N) is 1. The molecule has 1 aromatic heterocycles. The molecule has 0 atom stereocenters. The van der Waals surface area contributed by atoms with Crippen LogP contribution in [0.15, 0.2) is 21.7 Å². The van der Waals surface area contributed by atoms with E-state index in [2.05, 4.69) is 4.98 Å². The molecule has 0 bridgehead atoms. The van der Waals surface area contributed by atoms with Crippen molar-refractivity contribution in [3.63, 3.8) is 0 Å². The van der Waals surface area contributed by atoms with E-state index in [-0.39, 0.29) is 5.56 Å². The van der Waals surface area contributed by atoms with Crippen LogP contribution in [0.3, 0.4) is 0 Å². The van der Waals surface area contributed by atoms with E-state index >= 15 is 0 Å². The molecule has 2 rings (SSSR count). The van der Waals surface area contributed by atoms with Gasteiger partial charge in [-0.2, -0.15) is 5.26 Å². The Morgan fingerprint density at radius 1 is 1.43 bits per heavy atom. The quantitative estimate of drug-likeness (QED) is 0.879. The number of aromatic amines is 1. The fraction of sp³-hybridized carbons (Fsp3) is 0.200. The number of H-pyrrole nitrogens is 1. The molecule has 0 aliphatic carbocycles. The number of hydrogen-bond acceptors (Lipinski definition) is 4. The summed E-state index contributed by atoms with van der Waals surface area (Å²) in [5.41, 5.74) is -2.38. The van der Waals surface area contributed by atoms with Crippen molar-refractivity contribution < 1.29 is 14.3 Å². The topological polar surface area (TPSA) is 116 Å². The first-order valence-electron chi connectivity index (χ1n) is 6.63. The molecule has 2 N–H and O–H groups in total. The average Bonchev–Trinajstić information content (AvgIpc) is 2.51. The second-order valence-corrected chi connectivity index (χ2v) is 4.79. The molecule has 0 aliphatic rings. The molecule has 0 fully saturated rings. The van der Waals surface area contributed by atoms with Crippen LogP contribution >= 0.6 is 0 Å². The normalized spacial score (nSPS) is 10.3. The molecule has 2 aromatic rings. The van der Waals surface area contributed by atoms with Gasteiger partial charge in [-0.15, -0.1) is 0 Å². The number of aromatic carboxylic acids is 1. The third-order valence-electron chi connectivity index (χ3n) is 3.47. The van der Waals surface area contributed by atoms with Gasteiger partial charge in [0.25, 0.3) is 5.56 Å². The summed E-state index contributed by atoms with van der Waals surface area (Å²) in [5.74, 6) is -2.50. The van der Waals surface area contributed by atoms with Crippen LogP contribution in [0.1, 0.15) is 34.1 Å². The summed E-state index contributed by atoms with van der Waals surface area (Å²) >= 11 is 0. The molecule has 0 amide bonds.